The Morgan fingerprint density at radius 1 is 1.28 bits per heavy atom. The van der Waals surface area contributed by atoms with Gasteiger partial charge in [-0.2, -0.15) is 0 Å². The Balaban J connectivity index is 2.11. The van der Waals surface area contributed by atoms with Crippen LogP contribution in [0, 0.1) is 10.1 Å². The Bertz CT molecular complexity index is 558. The van der Waals surface area contributed by atoms with Crippen LogP contribution in [0.1, 0.15) is 5.56 Å². The number of hydrogen-bond acceptors (Lipinski definition) is 5. The number of benzene rings is 1. The number of nitro benzene ring substituents is 1. The van der Waals surface area contributed by atoms with Gasteiger partial charge in [-0.1, -0.05) is 0 Å². The lowest BCUT2D eigenvalue weighted by atomic mass is 10.2. The van der Waals surface area contributed by atoms with Crippen molar-refractivity contribution in [1.29, 1.82) is 0 Å². The zero-order chi connectivity index (χ0) is 13.0. The summed E-state index contributed by atoms with van der Waals surface area (Å²) in [6.07, 6.45) is 3.31. The highest BCUT2D eigenvalue weighted by atomic mass is 16.6. The molecular weight excluding hydrogens is 234 g/mol. The first kappa shape index (κ1) is 11.8. The van der Waals surface area contributed by atoms with Crippen molar-refractivity contribution in [3.05, 3.63) is 58.4 Å². The van der Waals surface area contributed by atoms with Gasteiger partial charge in [0.2, 0.25) is 0 Å². The molecule has 0 amide bonds. The van der Waals surface area contributed by atoms with E-state index >= 15 is 0 Å². The van der Waals surface area contributed by atoms with E-state index in [0.29, 0.717) is 12.4 Å². The molecule has 0 saturated carbocycles. The molecule has 2 aromatic rings. The molecule has 0 aliphatic rings. The predicted molar refractivity (Wildman–Crippen MR) is 66.1 cm³/mol. The van der Waals surface area contributed by atoms with Gasteiger partial charge in [-0.05, 0) is 29.8 Å². The fraction of sp³-hybridized carbons (Fsp3) is 0.0833. The molecule has 1 aromatic heterocycles. The van der Waals surface area contributed by atoms with Gasteiger partial charge in [0.15, 0.2) is 0 Å². The molecule has 0 spiro atoms. The summed E-state index contributed by atoms with van der Waals surface area (Å²) < 4.78 is 5.45. The number of rotatable bonds is 4. The zero-order valence-electron chi connectivity index (χ0n) is 9.45. The molecule has 18 heavy (non-hydrogen) atoms. The molecule has 2 N–H and O–H groups in total. The van der Waals surface area contributed by atoms with E-state index in [4.69, 9.17) is 10.5 Å². The third-order valence-corrected chi connectivity index (χ3v) is 2.35. The Labute approximate surface area is 103 Å². The number of nitrogen functional groups attached to an aromatic ring is 1. The molecule has 0 radical (unpaired) electrons. The van der Waals surface area contributed by atoms with Gasteiger partial charge >= 0.3 is 0 Å². The van der Waals surface area contributed by atoms with Gasteiger partial charge in [0.05, 0.1) is 11.0 Å². The molecule has 1 aromatic carbocycles. The minimum absolute atomic E-state index is 0.122. The number of hydrogen-bond donors (Lipinski definition) is 1. The Hall–Kier alpha value is -2.63. The number of ether oxygens (including phenoxy) is 1. The monoisotopic (exact) mass is 245 g/mol. The molecule has 0 bridgehead atoms. The van der Waals surface area contributed by atoms with E-state index in [0.717, 1.165) is 5.56 Å². The first-order valence-electron chi connectivity index (χ1n) is 5.22. The second-order valence-electron chi connectivity index (χ2n) is 3.62. The summed E-state index contributed by atoms with van der Waals surface area (Å²) in [6, 6.07) is 8.00. The number of anilines is 1. The minimum atomic E-state index is -0.533. The van der Waals surface area contributed by atoms with E-state index in [2.05, 4.69) is 4.98 Å². The number of nitrogens with two attached hydrogens (primary N) is 1. The third kappa shape index (κ3) is 2.73. The van der Waals surface area contributed by atoms with Gasteiger partial charge < -0.3 is 10.5 Å². The number of aromatic nitrogens is 1. The molecular formula is C12H11N3O3. The van der Waals surface area contributed by atoms with Crippen molar-refractivity contribution in [3.63, 3.8) is 0 Å². The van der Waals surface area contributed by atoms with Crippen LogP contribution < -0.4 is 10.5 Å². The average Bonchev–Trinajstić information content (AvgIpc) is 2.38. The molecule has 6 nitrogen and oxygen atoms in total. The summed E-state index contributed by atoms with van der Waals surface area (Å²) in [5.74, 6) is 0.410. The Morgan fingerprint density at radius 2 is 2.00 bits per heavy atom. The SMILES string of the molecule is Nc1ccc(OCc2ccncc2)cc1[N+](=O)[O-]. The first-order valence-corrected chi connectivity index (χ1v) is 5.22. The van der Waals surface area contributed by atoms with E-state index in [1.54, 1.807) is 18.5 Å². The summed E-state index contributed by atoms with van der Waals surface area (Å²) in [4.78, 5) is 14.1. The average molecular weight is 245 g/mol. The topological polar surface area (TPSA) is 91.3 Å². The Kier molecular flexibility index (Phi) is 3.38. The highest BCUT2D eigenvalue weighted by molar-refractivity contribution is 5.60. The smallest absolute Gasteiger partial charge is 0.295 e. The summed E-state index contributed by atoms with van der Waals surface area (Å²) >= 11 is 0. The summed E-state index contributed by atoms with van der Waals surface area (Å²) in [5, 5.41) is 10.7. The highest BCUT2D eigenvalue weighted by Crippen LogP contribution is 2.26. The van der Waals surface area contributed by atoms with Crippen molar-refractivity contribution in [1.82, 2.24) is 4.98 Å². The fourth-order valence-electron chi connectivity index (χ4n) is 1.42. The predicted octanol–water partition coefficient (Wildman–Crippen LogP) is 2.15. The van der Waals surface area contributed by atoms with Crippen LogP contribution in [0.25, 0.3) is 0 Å². The summed E-state index contributed by atoms with van der Waals surface area (Å²) in [6.45, 7) is 0.323. The van der Waals surface area contributed by atoms with Crippen molar-refractivity contribution in [2.24, 2.45) is 0 Å². The molecule has 6 heteroatoms. The van der Waals surface area contributed by atoms with Gasteiger partial charge in [0.1, 0.15) is 18.0 Å². The summed E-state index contributed by atoms with van der Waals surface area (Å²) in [7, 11) is 0. The van der Waals surface area contributed by atoms with Gasteiger partial charge in [0.25, 0.3) is 5.69 Å². The highest BCUT2D eigenvalue weighted by Gasteiger charge is 2.12. The molecule has 0 aliphatic carbocycles. The quantitative estimate of drug-likeness (QED) is 0.506. The molecule has 2 rings (SSSR count). The number of nitro groups is 1. The number of nitrogens with zero attached hydrogens (tertiary/aromatic N) is 2. The van der Waals surface area contributed by atoms with Crippen molar-refractivity contribution in [2.45, 2.75) is 6.61 Å². The van der Waals surface area contributed by atoms with Crippen LogP contribution in [-0.2, 0) is 6.61 Å². The third-order valence-electron chi connectivity index (χ3n) is 2.35. The second kappa shape index (κ2) is 5.13. The van der Waals surface area contributed by atoms with Crippen LogP contribution in [0.15, 0.2) is 42.7 Å². The largest absolute Gasteiger partial charge is 0.489 e. The molecule has 0 aliphatic heterocycles. The van der Waals surface area contributed by atoms with Crippen LogP contribution in [0.2, 0.25) is 0 Å². The molecule has 0 atom stereocenters. The molecule has 0 saturated heterocycles. The van der Waals surface area contributed by atoms with Crippen LogP contribution in [-0.4, -0.2) is 9.91 Å². The van der Waals surface area contributed by atoms with Gasteiger partial charge in [-0.15, -0.1) is 0 Å². The minimum Gasteiger partial charge on any atom is -0.489 e. The molecule has 1 heterocycles. The van der Waals surface area contributed by atoms with E-state index < -0.39 is 4.92 Å². The van der Waals surface area contributed by atoms with Crippen LogP contribution in [0.3, 0.4) is 0 Å². The van der Waals surface area contributed by atoms with E-state index in [-0.39, 0.29) is 11.4 Å². The van der Waals surface area contributed by atoms with Crippen LogP contribution >= 0.6 is 0 Å². The van der Waals surface area contributed by atoms with Crippen molar-refractivity contribution in [2.75, 3.05) is 5.73 Å². The zero-order valence-corrected chi connectivity index (χ0v) is 9.45. The van der Waals surface area contributed by atoms with Crippen LogP contribution in [0.5, 0.6) is 5.75 Å². The van der Waals surface area contributed by atoms with Gasteiger partial charge in [0, 0.05) is 12.4 Å². The lowest BCUT2D eigenvalue weighted by Gasteiger charge is -2.06. The maximum atomic E-state index is 10.7. The van der Waals surface area contributed by atoms with E-state index in [1.807, 2.05) is 12.1 Å². The van der Waals surface area contributed by atoms with Crippen molar-refractivity contribution < 1.29 is 9.66 Å². The van der Waals surface area contributed by atoms with Crippen molar-refractivity contribution in [3.8, 4) is 5.75 Å². The standard InChI is InChI=1S/C12H11N3O3/c13-11-2-1-10(7-12(11)15(16)17)18-8-9-3-5-14-6-4-9/h1-7H,8,13H2. The lowest BCUT2D eigenvalue weighted by molar-refractivity contribution is -0.384. The maximum absolute atomic E-state index is 10.7. The summed E-state index contributed by atoms with van der Waals surface area (Å²) in [5.41, 5.74) is 6.40. The lowest BCUT2D eigenvalue weighted by Crippen LogP contribution is -1.99. The van der Waals surface area contributed by atoms with E-state index in [1.165, 1.54) is 12.1 Å². The second-order valence-corrected chi connectivity index (χ2v) is 3.62. The van der Waals surface area contributed by atoms with Gasteiger partial charge in [-0.25, -0.2) is 0 Å². The fourth-order valence-corrected chi connectivity index (χ4v) is 1.42. The van der Waals surface area contributed by atoms with Crippen LogP contribution in [0.4, 0.5) is 11.4 Å². The van der Waals surface area contributed by atoms with E-state index in [9.17, 15) is 10.1 Å². The molecule has 92 valence electrons. The van der Waals surface area contributed by atoms with Crippen molar-refractivity contribution >= 4 is 11.4 Å². The first-order chi connectivity index (χ1) is 8.66. The maximum Gasteiger partial charge on any atom is 0.295 e. The van der Waals surface area contributed by atoms with Gasteiger partial charge in [-0.3, -0.25) is 15.1 Å². The molecule has 0 unspecified atom stereocenters. The molecule has 0 fully saturated rings. The Morgan fingerprint density at radius 3 is 2.67 bits per heavy atom. The normalized spacial score (nSPS) is 10.0. The number of pyridine rings is 1.